The lowest BCUT2D eigenvalue weighted by Crippen LogP contribution is -2.50. The van der Waals surface area contributed by atoms with Gasteiger partial charge in [0, 0.05) is 49.8 Å². The summed E-state index contributed by atoms with van der Waals surface area (Å²) >= 11 is 2.01. The minimum Gasteiger partial charge on any atom is -0.352 e. The molecule has 1 aromatic carbocycles. The Balaban J connectivity index is 0.00000288. The minimum absolute atomic E-state index is 0. The van der Waals surface area contributed by atoms with Crippen molar-refractivity contribution in [3.05, 3.63) is 29.8 Å². The Morgan fingerprint density at radius 1 is 1.42 bits per heavy atom. The predicted molar refractivity (Wildman–Crippen MR) is 114 cm³/mol. The maximum absolute atomic E-state index is 11.1. The molecule has 2 rings (SSSR count). The van der Waals surface area contributed by atoms with E-state index in [-0.39, 0.29) is 34.6 Å². The zero-order valence-electron chi connectivity index (χ0n) is 14.8. The summed E-state index contributed by atoms with van der Waals surface area (Å²) in [4.78, 5) is 17.9. The number of carbonyl (C=O) groups excluding carboxylic acids is 1. The second kappa shape index (κ2) is 9.50. The summed E-state index contributed by atoms with van der Waals surface area (Å²) < 4.78 is 0.251. The number of amides is 1. The lowest BCUT2D eigenvalue weighted by atomic mass is 10.2. The topological polar surface area (TPSA) is 56.7 Å². The molecule has 0 atom stereocenters. The molecule has 1 aromatic rings. The van der Waals surface area contributed by atoms with Crippen molar-refractivity contribution in [2.45, 2.75) is 32.1 Å². The second-order valence-corrected chi connectivity index (χ2v) is 8.11. The number of aliphatic imine (C=N–C) groups is 1. The van der Waals surface area contributed by atoms with Gasteiger partial charge < -0.3 is 15.5 Å². The molecule has 24 heavy (non-hydrogen) atoms. The molecule has 1 fully saturated rings. The van der Waals surface area contributed by atoms with Gasteiger partial charge >= 0.3 is 0 Å². The van der Waals surface area contributed by atoms with Gasteiger partial charge in [-0.25, -0.2) is 0 Å². The number of carbonyl (C=O) groups is 1. The molecule has 0 spiro atoms. The van der Waals surface area contributed by atoms with Crippen LogP contribution < -0.4 is 10.6 Å². The average Bonchev–Trinajstić information content (AvgIpc) is 2.46. The monoisotopic (exact) mass is 462 g/mol. The number of nitrogens with one attached hydrogen (secondary N) is 2. The lowest BCUT2D eigenvalue weighted by Gasteiger charge is -2.39. The fourth-order valence-electron chi connectivity index (χ4n) is 2.67. The number of benzene rings is 1. The van der Waals surface area contributed by atoms with Crippen LogP contribution in [0.4, 0.5) is 5.69 Å². The molecule has 1 aliphatic heterocycles. The number of hydrogen-bond acceptors (Lipinski definition) is 3. The Kier molecular flexibility index (Phi) is 8.35. The quantitative estimate of drug-likeness (QED) is 0.412. The van der Waals surface area contributed by atoms with Crippen LogP contribution in [0.2, 0.25) is 0 Å². The highest BCUT2D eigenvalue weighted by atomic mass is 127. The van der Waals surface area contributed by atoms with Crippen LogP contribution in [0.1, 0.15) is 26.3 Å². The molecular weight excluding hydrogens is 435 g/mol. The van der Waals surface area contributed by atoms with Crippen molar-refractivity contribution in [2.24, 2.45) is 4.99 Å². The standard InChI is InChI=1S/C17H26N4OS.HI/c1-13(22)20-15-7-5-6-14(10-15)11-19-16(18-4)21-8-9-23-17(2,3)12-21;/h5-7,10H,8-9,11-12H2,1-4H3,(H,18,19)(H,20,22);1H. The van der Waals surface area contributed by atoms with Crippen LogP contribution in [0.15, 0.2) is 29.3 Å². The average molecular weight is 462 g/mol. The van der Waals surface area contributed by atoms with E-state index in [1.54, 1.807) is 0 Å². The van der Waals surface area contributed by atoms with Crippen molar-refractivity contribution >= 4 is 53.3 Å². The van der Waals surface area contributed by atoms with Gasteiger partial charge in [0.1, 0.15) is 0 Å². The summed E-state index contributed by atoms with van der Waals surface area (Å²) in [5.41, 5.74) is 1.94. The number of thioether (sulfide) groups is 1. The smallest absolute Gasteiger partial charge is 0.221 e. The van der Waals surface area contributed by atoms with Crippen LogP contribution >= 0.6 is 35.7 Å². The molecule has 0 aliphatic carbocycles. The number of rotatable bonds is 3. The van der Waals surface area contributed by atoms with E-state index in [2.05, 4.69) is 34.4 Å². The van der Waals surface area contributed by atoms with Crippen molar-refractivity contribution in [1.82, 2.24) is 10.2 Å². The van der Waals surface area contributed by atoms with Gasteiger partial charge in [-0.3, -0.25) is 9.79 Å². The Morgan fingerprint density at radius 3 is 2.79 bits per heavy atom. The molecule has 0 bridgehead atoms. The second-order valence-electron chi connectivity index (χ2n) is 6.31. The largest absolute Gasteiger partial charge is 0.352 e. The van der Waals surface area contributed by atoms with Gasteiger partial charge in [-0.1, -0.05) is 12.1 Å². The highest BCUT2D eigenvalue weighted by Crippen LogP contribution is 2.29. The highest BCUT2D eigenvalue weighted by Gasteiger charge is 2.28. The Hall–Kier alpha value is -0.960. The van der Waals surface area contributed by atoms with E-state index in [1.165, 1.54) is 6.92 Å². The molecule has 0 aromatic heterocycles. The maximum atomic E-state index is 11.1. The number of hydrogen-bond donors (Lipinski definition) is 2. The molecule has 2 N–H and O–H groups in total. The molecule has 0 radical (unpaired) electrons. The number of guanidine groups is 1. The molecule has 134 valence electrons. The number of nitrogens with zero attached hydrogens (tertiary/aromatic N) is 2. The zero-order chi connectivity index (χ0) is 16.9. The molecule has 1 aliphatic rings. The highest BCUT2D eigenvalue weighted by molar-refractivity contribution is 14.0. The molecule has 1 saturated heterocycles. The Bertz CT molecular complexity index is 592. The third-order valence-corrected chi connectivity index (χ3v) is 4.93. The Labute approximate surface area is 166 Å². The van der Waals surface area contributed by atoms with Gasteiger partial charge in [0.25, 0.3) is 0 Å². The van der Waals surface area contributed by atoms with Crippen LogP contribution in [-0.4, -0.2) is 47.4 Å². The van der Waals surface area contributed by atoms with Gasteiger partial charge in [-0.05, 0) is 31.5 Å². The van der Waals surface area contributed by atoms with Crippen LogP contribution in [0.3, 0.4) is 0 Å². The van der Waals surface area contributed by atoms with Gasteiger partial charge in [-0.15, -0.1) is 24.0 Å². The van der Waals surface area contributed by atoms with Crippen LogP contribution in [0.5, 0.6) is 0 Å². The van der Waals surface area contributed by atoms with E-state index in [0.717, 1.165) is 36.1 Å². The van der Waals surface area contributed by atoms with E-state index in [4.69, 9.17) is 0 Å². The molecule has 1 heterocycles. The SMILES string of the molecule is CN=C(NCc1cccc(NC(C)=O)c1)N1CCSC(C)(C)C1.I. The molecule has 7 heteroatoms. The van der Waals surface area contributed by atoms with E-state index in [1.807, 2.05) is 43.1 Å². The van der Waals surface area contributed by atoms with E-state index in [0.29, 0.717) is 6.54 Å². The summed E-state index contributed by atoms with van der Waals surface area (Å²) in [6, 6.07) is 7.87. The van der Waals surface area contributed by atoms with Crippen molar-refractivity contribution in [3.8, 4) is 0 Å². The van der Waals surface area contributed by atoms with E-state index < -0.39 is 0 Å². The third-order valence-electron chi connectivity index (χ3n) is 3.63. The third kappa shape index (κ3) is 6.51. The number of halogens is 1. The van der Waals surface area contributed by atoms with Crippen molar-refractivity contribution in [1.29, 1.82) is 0 Å². The van der Waals surface area contributed by atoms with Gasteiger partial charge in [0.15, 0.2) is 5.96 Å². The predicted octanol–water partition coefficient (Wildman–Crippen LogP) is 3.17. The van der Waals surface area contributed by atoms with Gasteiger partial charge in [-0.2, -0.15) is 11.8 Å². The first-order chi connectivity index (χ1) is 10.9. The fraction of sp³-hybridized carbons (Fsp3) is 0.529. The van der Waals surface area contributed by atoms with Crippen molar-refractivity contribution in [3.63, 3.8) is 0 Å². The summed E-state index contributed by atoms with van der Waals surface area (Å²) in [5.74, 6) is 1.99. The van der Waals surface area contributed by atoms with Crippen LogP contribution in [0, 0.1) is 0 Å². The van der Waals surface area contributed by atoms with Crippen LogP contribution in [-0.2, 0) is 11.3 Å². The minimum atomic E-state index is -0.0565. The van der Waals surface area contributed by atoms with Gasteiger partial charge in [0.2, 0.25) is 5.91 Å². The molecular formula is C17H27IN4OS. The number of anilines is 1. The summed E-state index contributed by atoms with van der Waals surface area (Å²) in [5, 5.41) is 6.24. The first kappa shape index (κ1) is 21.1. The molecule has 0 unspecified atom stereocenters. The summed E-state index contributed by atoms with van der Waals surface area (Å²) in [7, 11) is 1.82. The Morgan fingerprint density at radius 2 is 2.17 bits per heavy atom. The van der Waals surface area contributed by atoms with Crippen LogP contribution in [0.25, 0.3) is 0 Å². The summed E-state index contributed by atoms with van der Waals surface area (Å²) in [6.07, 6.45) is 0. The molecule has 5 nitrogen and oxygen atoms in total. The maximum Gasteiger partial charge on any atom is 0.221 e. The first-order valence-electron chi connectivity index (χ1n) is 7.86. The van der Waals surface area contributed by atoms with E-state index >= 15 is 0 Å². The fourth-order valence-corrected chi connectivity index (χ4v) is 3.78. The van der Waals surface area contributed by atoms with E-state index in [9.17, 15) is 4.79 Å². The summed E-state index contributed by atoms with van der Waals surface area (Å²) in [6.45, 7) is 8.75. The van der Waals surface area contributed by atoms with Crippen molar-refractivity contribution < 1.29 is 4.79 Å². The van der Waals surface area contributed by atoms with Crippen molar-refractivity contribution in [2.75, 3.05) is 31.2 Å². The first-order valence-corrected chi connectivity index (χ1v) is 8.84. The molecule has 1 amide bonds. The normalized spacial score (nSPS) is 17.0. The van der Waals surface area contributed by atoms with Gasteiger partial charge in [0.05, 0.1) is 0 Å². The molecule has 0 saturated carbocycles. The zero-order valence-corrected chi connectivity index (χ0v) is 17.9. The lowest BCUT2D eigenvalue weighted by molar-refractivity contribution is -0.114.